The zero-order valence-corrected chi connectivity index (χ0v) is 11.4. The van der Waals surface area contributed by atoms with E-state index in [1.54, 1.807) is 0 Å². The van der Waals surface area contributed by atoms with Crippen molar-refractivity contribution in [3.05, 3.63) is 23.9 Å². The van der Waals surface area contributed by atoms with Crippen LogP contribution in [-0.4, -0.2) is 17.4 Å². The zero-order valence-electron chi connectivity index (χ0n) is 11.4. The number of hydrogen-bond donors (Lipinski definition) is 0. The van der Waals surface area contributed by atoms with Crippen LogP contribution in [0.3, 0.4) is 0 Å². The van der Waals surface area contributed by atoms with E-state index in [-0.39, 0.29) is 5.91 Å². The first kappa shape index (κ1) is 14.8. The monoisotopic (exact) mass is 286 g/mol. The van der Waals surface area contributed by atoms with E-state index in [4.69, 9.17) is 0 Å². The maximum absolute atomic E-state index is 12.5. The Morgan fingerprint density at radius 1 is 1.35 bits per heavy atom. The molecule has 1 aliphatic rings. The molecule has 1 aromatic heterocycles. The third-order valence-electron chi connectivity index (χ3n) is 3.76. The zero-order chi connectivity index (χ0) is 14.9. The van der Waals surface area contributed by atoms with Gasteiger partial charge < -0.3 is 0 Å². The molecule has 0 spiro atoms. The molecule has 3 nitrogen and oxygen atoms in total. The number of nitrogens with zero attached hydrogens (tertiary/aromatic N) is 2. The highest BCUT2D eigenvalue weighted by Gasteiger charge is 2.32. The van der Waals surface area contributed by atoms with Gasteiger partial charge in [0.2, 0.25) is 5.91 Å². The lowest BCUT2D eigenvalue weighted by Gasteiger charge is -2.32. The molecule has 0 saturated carbocycles. The molecule has 2 heterocycles. The summed E-state index contributed by atoms with van der Waals surface area (Å²) >= 11 is 0. The first-order valence-electron chi connectivity index (χ1n) is 6.62. The molecule has 0 aromatic carbocycles. The number of aromatic nitrogens is 1. The summed E-state index contributed by atoms with van der Waals surface area (Å²) in [4.78, 5) is 17.3. The van der Waals surface area contributed by atoms with E-state index in [2.05, 4.69) is 18.8 Å². The number of pyridine rings is 1. The summed E-state index contributed by atoms with van der Waals surface area (Å²) in [5, 5.41) is 0. The first-order chi connectivity index (χ1) is 9.29. The molecular formula is C14H17F3N2O. The minimum atomic E-state index is -4.40. The van der Waals surface area contributed by atoms with Crippen molar-refractivity contribution in [3.8, 4) is 0 Å². The Hall–Kier alpha value is -1.59. The Labute approximate surface area is 115 Å². The molecule has 1 amide bonds. The SMILES string of the molecule is CC(C)[C@@H]1CCN(c2ccc(C(F)(F)F)cn2)C(=O)C1. The number of anilines is 1. The van der Waals surface area contributed by atoms with Crippen LogP contribution in [0.4, 0.5) is 19.0 Å². The van der Waals surface area contributed by atoms with Gasteiger partial charge in [-0.3, -0.25) is 9.69 Å². The Morgan fingerprint density at radius 3 is 2.50 bits per heavy atom. The Bertz CT molecular complexity index is 482. The van der Waals surface area contributed by atoms with Crippen molar-refractivity contribution in [1.29, 1.82) is 0 Å². The average molecular weight is 286 g/mol. The van der Waals surface area contributed by atoms with E-state index in [1.807, 2.05) is 0 Å². The molecule has 6 heteroatoms. The summed E-state index contributed by atoms with van der Waals surface area (Å²) in [5.74, 6) is 1.00. The predicted octanol–water partition coefficient (Wildman–Crippen LogP) is 3.50. The van der Waals surface area contributed by atoms with E-state index in [0.29, 0.717) is 30.6 Å². The van der Waals surface area contributed by atoms with Crippen LogP contribution in [0, 0.1) is 11.8 Å². The molecule has 1 aliphatic heterocycles. The minimum absolute atomic E-state index is 0.0674. The molecule has 0 N–H and O–H groups in total. The van der Waals surface area contributed by atoms with Crippen LogP contribution in [0.1, 0.15) is 32.3 Å². The van der Waals surface area contributed by atoms with Crippen molar-refractivity contribution in [1.82, 2.24) is 4.98 Å². The average Bonchev–Trinajstić information content (AvgIpc) is 2.37. The molecule has 1 atom stereocenters. The van der Waals surface area contributed by atoms with Gasteiger partial charge in [-0.1, -0.05) is 13.8 Å². The van der Waals surface area contributed by atoms with E-state index >= 15 is 0 Å². The number of alkyl halides is 3. The van der Waals surface area contributed by atoms with Crippen molar-refractivity contribution in [2.24, 2.45) is 11.8 Å². The van der Waals surface area contributed by atoms with Crippen LogP contribution >= 0.6 is 0 Å². The molecule has 110 valence electrons. The summed E-state index contributed by atoms with van der Waals surface area (Å²) in [7, 11) is 0. The third-order valence-corrected chi connectivity index (χ3v) is 3.76. The van der Waals surface area contributed by atoms with Crippen LogP contribution in [0.2, 0.25) is 0 Å². The lowest BCUT2D eigenvalue weighted by atomic mass is 9.86. The van der Waals surface area contributed by atoms with Crippen molar-refractivity contribution in [3.63, 3.8) is 0 Å². The fourth-order valence-electron chi connectivity index (χ4n) is 2.38. The van der Waals surface area contributed by atoms with Crippen LogP contribution in [0.5, 0.6) is 0 Å². The number of halogens is 3. The lowest BCUT2D eigenvalue weighted by Crippen LogP contribution is -2.40. The van der Waals surface area contributed by atoms with Gasteiger partial charge in [0.05, 0.1) is 5.56 Å². The number of hydrogen-bond acceptors (Lipinski definition) is 2. The molecular weight excluding hydrogens is 269 g/mol. The summed E-state index contributed by atoms with van der Waals surface area (Å²) in [6.07, 6.45) is -2.34. The number of carbonyl (C=O) groups excluding carboxylic acids is 1. The maximum Gasteiger partial charge on any atom is 0.417 e. The number of piperidine rings is 1. The molecule has 1 aromatic rings. The fraction of sp³-hybridized carbons (Fsp3) is 0.571. The quantitative estimate of drug-likeness (QED) is 0.833. The van der Waals surface area contributed by atoms with Crippen molar-refractivity contribution in [2.45, 2.75) is 32.9 Å². The van der Waals surface area contributed by atoms with E-state index in [0.717, 1.165) is 18.7 Å². The van der Waals surface area contributed by atoms with E-state index in [9.17, 15) is 18.0 Å². The number of amides is 1. The molecule has 2 rings (SSSR count). The molecule has 1 fully saturated rings. The van der Waals surface area contributed by atoms with Gasteiger partial charge in [-0.05, 0) is 30.4 Å². The summed E-state index contributed by atoms with van der Waals surface area (Å²) in [6, 6.07) is 2.22. The summed E-state index contributed by atoms with van der Waals surface area (Å²) < 4.78 is 37.4. The standard InChI is InChI=1S/C14H17F3N2O/c1-9(2)10-5-6-19(13(20)7-10)12-4-3-11(8-18-12)14(15,16)17/h3-4,8-10H,5-7H2,1-2H3/t10-/m1/s1. The largest absolute Gasteiger partial charge is 0.417 e. The Morgan fingerprint density at radius 2 is 2.05 bits per heavy atom. The molecule has 0 radical (unpaired) electrons. The minimum Gasteiger partial charge on any atom is -0.297 e. The van der Waals surface area contributed by atoms with Crippen molar-refractivity contribution in [2.75, 3.05) is 11.4 Å². The Kier molecular flexibility index (Phi) is 4.01. The van der Waals surface area contributed by atoms with Gasteiger partial charge in [-0.25, -0.2) is 4.98 Å². The highest BCUT2D eigenvalue weighted by molar-refractivity contribution is 5.93. The van der Waals surface area contributed by atoms with Gasteiger partial charge in [0.1, 0.15) is 5.82 Å². The lowest BCUT2D eigenvalue weighted by molar-refractivity contribution is -0.137. The van der Waals surface area contributed by atoms with Gasteiger partial charge >= 0.3 is 6.18 Å². The van der Waals surface area contributed by atoms with Gasteiger partial charge in [-0.15, -0.1) is 0 Å². The summed E-state index contributed by atoms with van der Waals surface area (Å²) in [5.41, 5.74) is -0.800. The molecule has 1 saturated heterocycles. The van der Waals surface area contributed by atoms with Crippen LogP contribution in [-0.2, 0) is 11.0 Å². The van der Waals surface area contributed by atoms with Gasteiger partial charge in [0.25, 0.3) is 0 Å². The fourth-order valence-corrected chi connectivity index (χ4v) is 2.38. The normalized spacial score (nSPS) is 20.6. The third kappa shape index (κ3) is 3.11. The Balaban J connectivity index is 2.11. The number of carbonyl (C=O) groups is 1. The van der Waals surface area contributed by atoms with E-state index in [1.165, 1.54) is 11.0 Å². The van der Waals surface area contributed by atoms with Crippen LogP contribution in [0.25, 0.3) is 0 Å². The topological polar surface area (TPSA) is 33.2 Å². The molecule has 0 bridgehead atoms. The molecule has 0 unspecified atom stereocenters. The smallest absolute Gasteiger partial charge is 0.297 e. The second-order valence-electron chi connectivity index (χ2n) is 5.45. The highest BCUT2D eigenvalue weighted by atomic mass is 19.4. The summed E-state index contributed by atoms with van der Waals surface area (Å²) in [6.45, 7) is 4.66. The highest BCUT2D eigenvalue weighted by Crippen LogP contribution is 2.31. The first-order valence-corrected chi connectivity index (χ1v) is 6.62. The second-order valence-corrected chi connectivity index (χ2v) is 5.45. The maximum atomic E-state index is 12.5. The van der Waals surface area contributed by atoms with Crippen LogP contribution < -0.4 is 4.90 Å². The second kappa shape index (κ2) is 5.42. The van der Waals surface area contributed by atoms with E-state index < -0.39 is 11.7 Å². The van der Waals surface area contributed by atoms with Crippen molar-refractivity contribution < 1.29 is 18.0 Å². The van der Waals surface area contributed by atoms with Crippen molar-refractivity contribution >= 4 is 11.7 Å². The molecule has 20 heavy (non-hydrogen) atoms. The molecule has 0 aliphatic carbocycles. The number of rotatable bonds is 2. The van der Waals surface area contributed by atoms with Gasteiger partial charge in [-0.2, -0.15) is 13.2 Å². The predicted molar refractivity (Wildman–Crippen MR) is 69.2 cm³/mol. The van der Waals surface area contributed by atoms with Crippen LogP contribution in [0.15, 0.2) is 18.3 Å². The van der Waals surface area contributed by atoms with Gasteiger partial charge in [0.15, 0.2) is 0 Å². The van der Waals surface area contributed by atoms with Gasteiger partial charge in [0, 0.05) is 19.2 Å².